The summed E-state index contributed by atoms with van der Waals surface area (Å²) in [7, 11) is 0. The van der Waals surface area contributed by atoms with E-state index in [9.17, 15) is 4.79 Å². The Morgan fingerprint density at radius 3 is 2.38 bits per heavy atom. The Morgan fingerprint density at radius 2 is 1.71 bits per heavy atom. The molecule has 2 rings (SSSR count). The number of ether oxygens (including phenoxy) is 2. The van der Waals surface area contributed by atoms with E-state index in [1.54, 1.807) is 6.08 Å². The van der Waals surface area contributed by atoms with Crippen LogP contribution in [0.3, 0.4) is 0 Å². The number of amides is 1. The van der Waals surface area contributed by atoms with Gasteiger partial charge in [-0.2, -0.15) is 0 Å². The van der Waals surface area contributed by atoms with Crippen molar-refractivity contribution in [3.8, 4) is 11.5 Å². The Balaban J connectivity index is 1.70. The molecular formula is C20H23NO3. The maximum Gasteiger partial charge on any atom is 0.244 e. The molecule has 0 unspecified atom stereocenters. The lowest BCUT2D eigenvalue weighted by atomic mass is 10.1. The van der Waals surface area contributed by atoms with E-state index >= 15 is 0 Å². The number of carbonyl (C=O) groups excluding carboxylic acids is 1. The van der Waals surface area contributed by atoms with E-state index in [4.69, 9.17) is 9.47 Å². The van der Waals surface area contributed by atoms with E-state index in [1.807, 2.05) is 68.5 Å². The summed E-state index contributed by atoms with van der Waals surface area (Å²) in [5.41, 5.74) is 2.18. The highest BCUT2D eigenvalue weighted by Crippen LogP contribution is 2.17. The SMILES string of the molecule is CCOc1ccc(OCCNC(=O)/C=C/c2ccccc2C)cc1. The third-order valence-corrected chi connectivity index (χ3v) is 3.41. The number of nitrogens with one attached hydrogen (secondary N) is 1. The second-order valence-corrected chi connectivity index (χ2v) is 5.23. The van der Waals surface area contributed by atoms with Crippen LogP contribution in [0, 0.1) is 6.92 Å². The van der Waals surface area contributed by atoms with Crippen molar-refractivity contribution >= 4 is 12.0 Å². The van der Waals surface area contributed by atoms with Crippen LogP contribution in [-0.2, 0) is 4.79 Å². The highest BCUT2D eigenvalue weighted by atomic mass is 16.5. The maximum atomic E-state index is 11.8. The van der Waals surface area contributed by atoms with Crippen molar-refractivity contribution in [1.29, 1.82) is 0 Å². The van der Waals surface area contributed by atoms with Gasteiger partial charge in [0, 0.05) is 6.08 Å². The van der Waals surface area contributed by atoms with E-state index in [-0.39, 0.29) is 5.91 Å². The predicted molar refractivity (Wildman–Crippen MR) is 96.3 cm³/mol. The second-order valence-electron chi connectivity index (χ2n) is 5.23. The van der Waals surface area contributed by atoms with Gasteiger partial charge in [0.1, 0.15) is 18.1 Å². The number of aryl methyl sites for hydroxylation is 1. The van der Waals surface area contributed by atoms with Crippen LogP contribution < -0.4 is 14.8 Å². The number of rotatable bonds is 8. The van der Waals surface area contributed by atoms with Crippen molar-refractivity contribution in [3.63, 3.8) is 0 Å². The Hall–Kier alpha value is -2.75. The highest BCUT2D eigenvalue weighted by molar-refractivity contribution is 5.91. The lowest BCUT2D eigenvalue weighted by Gasteiger charge is -2.08. The molecule has 0 aliphatic carbocycles. The molecular weight excluding hydrogens is 302 g/mol. The van der Waals surface area contributed by atoms with Crippen molar-refractivity contribution in [3.05, 3.63) is 65.7 Å². The molecule has 24 heavy (non-hydrogen) atoms. The summed E-state index contributed by atoms with van der Waals surface area (Å²) in [4.78, 5) is 11.8. The van der Waals surface area contributed by atoms with E-state index in [1.165, 1.54) is 0 Å². The Morgan fingerprint density at radius 1 is 1.04 bits per heavy atom. The monoisotopic (exact) mass is 325 g/mol. The molecule has 0 fully saturated rings. The Labute approximate surface area is 143 Å². The van der Waals surface area contributed by atoms with Gasteiger partial charge in [0.05, 0.1) is 13.2 Å². The third kappa shape index (κ3) is 5.80. The first-order chi connectivity index (χ1) is 11.7. The lowest BCUT2D eigenvalue weighted by molar-refractivity contribution is -0.116. The van der Waals surface area contributed by atoms with Gasteiger partial charge in [-0.1, -0.05) is 24.3 Å². The van der Waals surface area contributed by atoms with Gasteiger partial charge in [-0.3, -0.25) is 4.79 Å². The van der Waals surface area contributed by atoms with Gasteiger partial charge in [-0.25, -0.2) is 0 Å². The summed E-state index contributed by atoms with van der Waals surface area (Å²) in [6.45, 7) is 5.47. The number of carbonyl (C=O) groups is 1. The van der Waals surface area contributed by atoms with Gasteiger partial charge in [-0.05, 0) is 55.3 Å². The first-order valence-corrected chi connectivity index (χ1v) is 8.06. The molecule has 4 nitrogen and oxygen atoms in total. The molecule has 0 aliphatic rings. The Bertz CT molecular complexity index is 678. The number of benzene rings is 2. The van der Waals surface area contributed by atoms with E-state index < -0.39 is 0 Å². The molecule has 126 valence electrons. The van der Waals surface area contributed by atoms with E-state index in [0.717, 1.165) is 22.6 Å². The maximum absolute atomic E-state index is 11.8. The van der Waals surface area contributed by atoms with Crippen molar-refractivity contribution in [2.75, 3.05) is 19.8 Å². The molecule has 1 N–H and O–H groups in total. The molecule has 4 heteroatoms. The molecule has 0 heterocycles. The van der Waals surface area contributed by atoms with Gasteiger partial charge in [0.25, 0.3) is 0 Å². The van der Waals surface area contributed by atoms with Crippen molar-refractivity contribution in [2.45, 2.75) is 13.8 Å². The normalized spacial score (nSPS) is 10.6. The topological polar surface area (TPSA) is 47.6 Å². The molecule has 0 bridgehead atoms. The van der Waals surface area contributed by atoms with Crippen molar-refractivity contribution in [1.82, 2.24) is 5.32 Å². The van der Waals surface area contributed by atoms with Crippen LogP contribution in [-0.4, -0.2) is 25.7 Å². The van der Waals surface area contributed by atoms with Gasteiger partial charge < -0.3 is 14.8 Å². The summed E-state index contributed by atoms with van der Waals surface area (Å²) >= 11 is 0. The van der Waals surface area contributed by atoms with Crippen molar-refractivity contribution < 1.29 is 14.3 Å². The fourth-order valence-electron chi connectivity index (χ4n) is 2.14. The molecule has 2 aromatic rings. The average Bonchev–Trinajstić information content (AvgIpc) is 2.60. The smallest absolute Gasteiger partial charge is 0.244 e. The lowest BCUT2D eigenvalue weighted by Crippen LogP contribution is -2.26. The quantitative estimate of drug-likeness (QED) is 0.596. The van der Waals surface area contributed by atoms with Crippen molar-refractivity contribution in [2.24, 2.45) is 0 Å². The number of hydrogen-bond acceptors (Lipinski definition) is 3. The van der Waals surface area contributed by atoms with Crippen LogP contribution in [0.5, 0.6) is 11.5 Å². The summed E-state index contributed by atoms with van der Waals surface area (Å²) < 4.78 is 10.9. The zero-order valence-electron chi connectivity index (χ0n) is 14.1. The molecule has 0 saturated carbocycles. The summed E-state index contributed by atoms with van der Waals surface area (Å²) in [5, 5.41) is 2.80. The summed E-state index contributed by atoms with van der Waals surface area (Å²) in [6, 6.07) is 15.4. The van der Waals surface area contributed by atoms with E-state index in [0.29, 0.717) is 19.8 Å². The van der Waals surface area contributed by atoms with Crippen LogP contribution >= 0.6 is 0 Å². The molecule has 2 aromatic carbocycles. The Kier molecular flexibility index (Phi) is 6.90. The van der Waals surface area contributed by atoms with Gasteiger partial charge in [0.15, 0.2) is 0 Å². The van der Waals surface area contributed by atoms with Crippen LogP contribution in [0.1, 0.15) is 18.1 Å². The molecule has 0 radical (unpaired) electrons. The molecule has 0 atom stereocenters. The molecule has 0 spiro atoms. The van der Waals surface area contributed by atoms with E-state index in [2.05, 4.69) is 5.32 Å². The van der Waals surface area contributed by atoms with Crippen LogP contribution in [0.4, 0.5) is 0 Å². The standard InChI is InChI=1S/C20H23NO3/c1-3-23-18-9-11-19(12-10-18)24-15-14-21-20(22)13-8-17-7-5-4-6-16(17)2/h4-13H,3,14-15H2,1-2H3,(H,21,22)/b13-8+. The fourth-order valence-corrected chi connectivity index (χ4v) is 2.14. The van der Waals surface area contributed by atoms with Crippen LogP contribution in [0.15, 0.2) is 54.6 Å². The highest BCUT2D eigenvalue weighted by Gasteiger charge is 1.98. The third-order valence-electron chi connectivity index (χ3n) is 3.41. The first kappa shape index (κ1) is 17.6. The molecule has 0 aromatic heterocycles. The number of hydrogen-bond donors (Lipinski definition) is 1. The first-order valence-electron chi connectivity index (χ1n) is 8.06. The molecule has 0 saturated heterocycles. The van der Waals surface area contributed by atoms with Gasteiger partial charge in [0.2, 0.25) is 5.91 Å². The minimum absolute atomic E-state index is 0.131. The summed E-state index contributed by atoms with van der Waals surface area (Å²) in [5.74, 6) is 1.44. The second kappa shape index (κ2) is 9.40. The minimum Gasteiger partial charge on any atom is -0.494 e. The molecule has 0 aliphatic heterocycles. The predicted octanol–water partition coefficient (Wildman–Crippen LogP) is 3.60. The zero-order chi connectivity index (χ0) is 17.2. The van der Waals surface area contributed by atoms with Crippen LogP contribution in [0.2, 0.25) is 0 Å². The molecule has 1 amide bonds. The van der Waals surface area contributed by atoms with Crippen LogP contribution in [0.25, 0.3) is 6.08 Å². The minimum atomic E-state index is -0.131. The largest absolute Gasteiger partial charge is 0.494 e. The fraction of sp³-hybridized carbons (Fsp3) is 0.250. The van der Waals surface area contributed by atoms with Gasteiger partial charge in [-0.15, -0.1) is 0 Å². The summed E-state index contributed by atoms with van der Waals surface area (Å²) in [6.07, 6.45) is 3.36. The zero-order valence-corrected chi connectivity index (χ0v) is 14.1. The van der Waals surface area contributed by atoms with Gasteiger partial charge >= 0.3 is 0 Å². The average molecular weight is 325 g/mol.